The first-order valence-corrected chi connectivity index (χ1v) is 13.1. The van der Waals surface area contributed by atoms with E-state index in [1.54, 1.807) is 18.2 Å². The van der Waals surface area contributed by atoms with Crippen LogP contribution in [0, 0.1) is 0 Å². The zero-order chi connectivity index (χ0) is 28.6. The Balaban J connectivity index is 1.31. The van der Waals surface area contributed by atoms with Crippen LogP contribution in [0.2, 0.25) is 0 Å². The van der Waals surface area contributed by atoms with Crippen LogP contribution < -0.4 is 9.47 Å². The number of aliphatic hydroxyl groups is 1. The monoisotopic (exact) mass is 558 g/mol. The summed E-state index contributed by atoms with van der Waals surface area (Å²) in [6.07, 6.45) is -3.00. The minimum atomic E-state index is -0.982. The molecule has 0 radical (unpaired) electrons. The summed E-state index contributed by atoms with van der Waals surface area (Å²) in [6, 6.07) is 15.0. The highest BCUT2D eigenvalue weighted by Gasteiger charge is 2.46. The average molecular weight is 559 g/mol. The van der Waals surface area contributed by atoms with E-state index in [2.05, 4.69) is 0 Å². The summed E-state index contributed by atoms with van der Waals surface area (Å²) in [7, 11) is 0. The van der Waals surface area contributed by atoms with Gasteiger partial charge in [-0.25, -0.2) is 0 Å². The molecule has 5 atom stereocenters. The summed E-state index contributed by atoms with van der Waals surface area (Å²) in [4.78, 5) is 0. The summed E-state index contributed by atoms with van der Waals surface area (Å²) in [5.41, 5.74) is 3.53. The zero-order valence-corrected chi connectivity index (χ0v) is 21.4. The van der Waals surface area contributed by atoms with Crippen molar-refractivity contribution in [2.24, 2.45) is 0 Å². The van der Waals surface area contributed by atoms with Crippen molar-refractivity contribution in [3.63, 3.8) is 0 Å². The van der Waals surface area contributed by atoms with Crippen LogP contribution in [0.25, 0.3) is 0 Å². The lowest BCUT2D eigenvalue weighted by atomic mass is 9.77. The van der Waals surface area contributed by atoms with Gasteiger partial charge in [-0.2, -0.15) is 0 Å². The van der Waals surface area contributed by atoms with Gasteiger partial charge in [0.15, 0.2) is 29.1 Å². The molecule has 7 rings (SSSR count). The number of benzene rings is 4. The van der Waals surface area contributed by atoms with Crippen molar-refractivity contribution >= 4 is 0 Å². The predicted octanol–water partition coefficient (Wildman–Crippen LogP) is 4.12. The highest BCUT2D eigenvalue weighted by atomic mass is 16.5. The van der Waals surface area contributed by atoms with Crippen molar-refractivity contribution in [2.45, 2.75) is 43.4 Å². The maximum Gasteiger partial charge on any atom is 0.157 e. The summed E-state index contributed by atoms with van der Waals surface area (Å²) >= 11 is 0. The average Bonchev–Trinajstić information content (AvgIpc) is 2.94. The highest BCUT2D eigenvalue weighted by molar-refractivity contribution is 5.58. The lowest BCUT2D eigenvalue weighted by molar-refractivity contribution is -0.0714. The Kier molecular flexibility index (Phi) is 5.60. The van der Waals surface area contributed by atoms with E-state index in [-0.39, 0.29) is 47.5 Å². The quantitative estimate of drug-likeness (QED) is 0.178. The van der Waals surface area contributed by atoms with E-state index in [0.29, 0.717) is 44.9 Å². The Hall–Kier alpha value is -4.80. The molecule has 4 aromatic rings. The van der Waals surface area contributed by atoms with Crippen LogP contribution >= 0.6 is 0 Å². The number of hydrogen-bond donors (Lipinski definition) is 7. The fraction of sp³-hybridized carbons (Fsp3) is 0.226. The molecule has 210 valence electrons. The Morgan fingerprint density at radius 2 is 1.34 bits per heavy atom. The van der Waals surface area contributed by atoms with Crippen molar-refractivity contribution in [1.29, 1.82) is 0 Å². The first kappa shape index (κ1) is 25.2. The number of hydrogen-bond acceptors (Lipinski definition) is 10. The summed E-state index contributed by atoms with van der Waals surface area (Å²) < 4.78 is 18.6. The second-order valence-corrected chi connectivity index (χ2v) is 10.6. The van der Waals surface area contributed by atoms with Gasteiger partial charge >= 0.3 is 0 Å². The van der Waals surface area contributed by atoms with E-state index in [9.17, 15) is 35.7 Å². The molecule has 0 aliphatic carbocycles. The third kappa shape index (κ3) is 4.02. The van der Waals surface area contributed by atoms with Gasteiger partial charge in [-0.15, -0.1) is 0 Å². The van der Waals surface area contributed by atoms with Crippen LogP contribution in [0.15, 0.2) is 60.7 Å². The molecule has 10 nitrogen and oxygen atoms in total. The van der Waals surface area contributed by atoms with Crippen molar-refractivity contribution in [3.8, 4) is 46.0 Å². The number of fused-ring (bicyclic) bond motifs is 5. The van der Waals surface area contributed by atoms with E-state index in [0.717, 1.165) is 0 Å². The lowest BCUT2D eigenvalue weighted by Crippen LogP contribution is -2.40. The fourth-order valence-electron chi connectivity index (χ4n) is 6.12. The molecule has 10 heteroatoms. The molecule has 0 aromatic heterocycles. The van der Waals surface area contributed by atoms with Gasteiger partial charge in [0.2, 0.25) is 0 Å². The van der Waals surface area contributed by atoms with Crippen LogP contribution in [-0.2, 0) is 17.8 Å². The van der Waals surface area contributed by atoms with Gasteiger partial charge in [-0.3, -0.25) is 0 Å². The Morgan fingerprint density at radius 3 is 2.15 bits per heavy atom. The Labute approximate surface area is 233 Å². The van der Waals surface area contributed by atoms with Gasteiger partial charge < -0.3 is 50.0 Å². The van der Waals surface area contributed by atoms with Crippen molar-refractivity contribution < 1.29 is 50.0 Å². The van der Waals surface area contributed by atoms with Crippen LogP contribution in [-0.4, -0.2) is 48.0 Å². The largest absolute Gasteiger partial charge is 0.508 e. The van der Waals surface area contributed by atoms with E-state index < -0.39 is 30.3 Å². The van der Waals surface area contributed by atoms with Gasteiger partial charge in [-0.1, -0.05) is 12.1 Å². The van der Waals surface area contributed by atoms with E-state index in [1.807, 2.05) is 0 Å². The van der Waals surface area contributed by atoms with Gasteiger partial charge in [0.05, 0.1) is 12.7 Å². The third-order valence-corrected chi connectivity index (χ3v) is 8.09. The summed E-state index contributed by atoms with van der Waals surface area (Å²) in [5.74, 6) is -1.12. The molecule has 0 spiro atoms. The lowest BCUT2D eigenvalue weighted by Gasteiger charge is -2.43. The maximum atomic E-state index is 11.3. The van der Waals surface area contributed by atoms with Crippen molar-refractivity contribution in [2.75, 3.05) is 0 Å². The zero-order valence-electron chi connectivity index (χ0n) is 21.4. The minimum absolute atomic E-state index is 0.0102. The number of ether oxygens (including phenoxy) is 3. The molecule has 0 bridgehead atoms. The molecular formula is C31H26O10. The molecule has 0 unspecified atom stereocenters. The second kappa shape index (κ2) is 9.12. The first-order chi connectivity index (χ1) is 19.7. The molecule has 41 heavy (non-hydrogen) atoms. The maximum absolute atomic E-state index is 11.3. The highest BCUT2D eigenvalue weighted by Crippen LogP contribution is 2.54. The number of phenolic OH excluding ortho intramolecular Hbond substituents is 6. The van der Waals surface area contributed by atoms with Gasteiger partial charge in [0.1, 0.15) is 35.2 Å². The third-order valence-electron chi connectivity index (χ3n) is 8.09. The van der Waals surface area contributed by atoms with E-state index in [4.69, 9.17) is 14.2 Å². The molecule has 0 amide bonds. The number of aliphatic hydroxyl groups excluding tert-OH is 1. The van der Waals surface area contributed by atoms with Crippen LogP contribution in [0.4, 0.5) is 0 Å². The molecule has 4 aromatic carbocycles. The molecule has 0 fully saturated rings. The predicted molar refractivity (Wildman–Crippen MR) is 143 cm³/mol. The van der Waals surface area contributed by atoms with Gasteiger partial charge in [-0.05, 0) is 53.1 Å². The summed E-state index contributed by atoms with van der Waals surface area (Å²) in [5, 5.41) is 72.4. The van der Waals surface area contributed by atoms with E-state index >= 15 is 0 Å². The Morgan fingerprint density at radius 1 is 0.585 bits per heavy atom. The fourth-order valence-corrected chi connectivity index (χ4v) is 6.12. The SMILES string of the molecule is Oc1ccc2c(c1)O[C@@H]1c3cc(O)c(O)cc3CO[C@H]1[C@H]2c1cc2c(cc1O)O[C@@H](c1ccc(O)c(O)c1)[C@@H](O)C2. The first-order valence-electron chi connectivity index (χ1n) is 13.1. The Bertz CT molecular complexity index is 1700. The molecule has 0 saturated heterocycles. The molecule has 3 aliphatic heterocycles. The van der Waals surface area contributed by atoms with Gasteiger partial charge in [0, 0.05) is 41.2 Å². The number of aromatic hydroxyl groups is 6. The summed E-state index contributed by atoms with van der Waals surface area (Å²) in [6.45, 7) is 0.131. The van der Waals surface area contributed by atoms with E-state index in [1.165, 1.54) is 42.5 Å². The van der Waals surface area contributed by atoms with Crippen LogP contribution in [0.3, 0.4) is 0 Å². The van der Waals surface area contributed by atoms with Gasteiger partial charge in [0.25, 0.3) is 0 Å². The van der Waals surface area contributed by atoms with Crippen molar-refractivity contribution in [3.05, 3.63) is 94.0 Å². The van der Waals surface area contributed by atoms with Crippen molar-refractivity contribution in [1.82, 2.24) is 0 Å². The molecule has 3 heterocycles. The molecular weight excluding hydrogens is 532 g/mol. The van der Waals surface area contributed by atoms with Crippen LogP contribution in [0.5, 0.6) is 46.0 Å². The standard InChI is InChI=1S/C31H26O10/c32-16-2-3-17-27(9-16)41-30-18-10-24(37)23(36)8-15(18)12-39-31(30)28(17)19-5-14-7-25(38)29(40-26(14)11-21(19)34)13-1-4-20(33)22(35)6-13/h1-6,8-11,25,28-38H,7,12H2/t25-,28+,29-,30+,31-/m0/s1. The number of phenols is 6. The molecule has 3 aliphatic rings. The normalized spacial score (nSPS) is 24.2. The van der Waals surface area contributed by atoms with Crippen LogP contribution in [0.1, 0.15) is 51.5 Å². The molecule has 7 N–H and O–H groups in total. The number of rotatable bonds is 2. The topological polar surface area (TPSA) is 169 Å². The smallest absolute Gasteiger partial charge is 0.157 e. The second-order valence-electron chi connectivity index (χ2n) is 10.6. The molecule has 0 saturated carbocycles. The minimum Gasteiger partial charge on any atom is -0.508 e.